The maximum Gasteiger partial charge on any atom is 0.0525 e. The van der Waals surface area contributed by atoms with Crippen molar-refractivity contribution >= 4 is 11.8 Å². The van der Waals surface area contributed by atoms with E-state index >= 15 is 0 Å². The fourth-order valence-electron chi connectivity index (χ4n) is 1.25. The number of hydrogen-bond donors (Lipinski definition) is 1. The van der Waals surface area contributed by atoms with Crippen LogP contribution in [-0.2, 0) is 5.41 Å². The summed E-state index contributed by atoms with van der Waals surface area (Å²) in [4.78, 5) is 1.24. The van der Waals surface area contributed by atoms with Gasteiger partial charge in [0.15, 0.2) is 0 Å². The molecule has 1 aromatic rings. The van der Waals surface area contributed by atoms with Crippen LogP contribution in [0.4, 0.5) is 0 Å². The molecule has 0 amide bonds. The van der Waals surface area contributed by atoms with Crippen molar-refractivity contribution < 1.29 is 0 Å². The van der Waals surface area contributed by atoms with Gasteiger partial charge in [0.1, 0.15) is 0 Å². The molecule has 2 N–H and O–H groups in total. The topological polar surface area (TPSA) is 26.0 Å². The molecule has 0 spiro atoms. The van der Waals surface area contributed by atoms with Gasteiger partial charge in [0.2, 0.25) is 0 Å². The third-order valence-corrected chi connectivity index (χ3v) is 2.96. The van der Waals surface area contributed by atoms with Gasteiger partial charge in [-0.1, -0.05) is 32.9 Å². The minimum absolute atomic E-state index is 0.162. The Kier molecular flexibility index (Phi) is 3.62. The van der Waals surface area contributed by atoms with E-state index in [9.17, 15) is 0 Å². The number of rotatable bonds is 2. The van der Waals surface area contributed by atoms with Gasteiger partial charge >= 0.3 is 0 Å². The predicted molar refractivity (Wildman–Crippen MR) is 64.6 cm³/mol. The first-order chi connectivity index (χ1) is 6.39. The molecule has 14 heavy (non-hydrogen) atoms. The van der Waals surface area contributed by atoms with Crippen LogP contribution >= 0.6 is 11.8 Å². The molecular weight excluding hydrogens is 190 g/mol. The van der Waals surface area contributed by atoms with Gasteiger partial charge in [0.25, 0.3) is 0 Å². The highest BCUT2D eigenvalue weighted by Gasteiger charge is 2.12. The molecule has 0 heterocycles. The molecule has 0 radical (unpaired) electrons. The summed E-state index contributed by atoms with van der Waals surface area (Å²) in [7, 11) is 0. The maximum atomic E-state index is 5.71. The number of benzene rings is 1. The minimum Gasteiger partial charge on any atom is -0.319 e. The second kappa shape index (κ2) is 4.37. The van der Waals surface area contributed by atoms with Crippen LogP contribution in [0, 0.1) is 0 Å². The normalized spacial score (nSPS) is 14.1. The van der Waals surface area contributed by atoms with Gasteiger partial charge in [-0.2, -0.15) is 0 Å². The molecule has 0 aromatic heterocycles. The van der Waals surface area contributed by atoms with Gasteiger partial charge in [-0.25, -0.2) is 0 Å². The summed E-state index contributed by atoms with van der Waals surface area (Å²) < 4.78 is 0. The molecule has 2 heteroatoms. The molecule has 1 unspecified atom stereocenters. The molecule has 0 bridgehead atoms. The molecule has 1 rings (SSSR count). The van der Waals surface area contributed by atoms with E-state index in [0.717, 1.165) is 0 Å². The summed E-state index contributed by atoms with van der Waals surface area (Å²) in [6.45, 7) is 8.67. The summed E-state index contributed by atoms with van der Waals surface area (Å²) >= 11 is 1.70. The van der Waals surface area contributed by atoms with Gasteiger partial charge in [0.05, 0.1) is 5.37 Å². The van der Waals surface area contributed by atoms with Crippen molar-refractivity contribution in [3.05, 3.63) is 29.8 Å². The Balaban J connectivity index is 2.79. The fraction of sp³-hybridized carbons (Fsp3) is 0.500. The van der Waals surface area contributed by atoms with Crippen LogP contribution < -0.4 is 5.73 Å². The average molecular weight is 209 g/mol. The van der Waals surface area contributed by atoms with Crippen LogP contribution in [0.15, 0.2) is 29.2 Å². The fourth-order valence-corrected chi connectivity index (χ4v) is 1.97. The third kappa shape index (κ3) is 3.35. The SMILES string of the molecule is CC(N)Sc1ccc(C(C)(C)C)cc1. The first-order valence-electron chi connectivity index (χ1n) is 4.92. The zero-order valence-electron chi connectivity index (χ0n) is 9.37. The Morgan fingerprint density at radius 1 is 1.14 bits per heavy atom. The van der Waals surface area contributed by atoms with Crippen LogP contribution in [0.25, 0.3) is 0 Å². The minimum atomic E-state index is 0.162. The van der Waals surface area contributed by atoms with E-state index < -0.39 is 0 Å². The lowest BCUT2D eigenvalue weighted by Crippen LogP contribution is -2.11. The molecule has 1 nitrogen and oxygen atoms in total. The zero-order valence-corrected chi connectivity index (χ0v) is 10.2. The second-order valence-corrected chi connectivity index (χ2v) is 6.05. The van der Waals surface area contributed by atoms with E-state index in [2.05, 4.69) is 45.0 Å². The lowest BCUT2D eigenvalue weighted by atomic mass is 9.87. The van der Waals surface area contributed by atoms with Crippen molar-refractivity contribution in [3.63, 3.8) is 0 Å². The molecule has 0 fully saturated rings. The van der Waals surface area contributed by atoms with Crippen molar-refractivity contribution in [1.29, 1.82) is 0 Å². The first kappa shape index (κ1) is 11.6. The average Bonchev–Trinajstić information content (AvgIpc) is 2.02. The summed E-state index contributed by atoms with van der Waals surface area (Å²) in [5, 5.41) is 0.162. The highest BCUT2D eigenvalue weighted by atomic mass is 32.2. The van der Waals surface area contributed by atoms with E-state index in [0.29, 0.717) is 0 Å². The lowest BCUT2D eigenvalue weighted by Gasteiger charge is -2.19. The van der Waals surface area contributed by atoms with E-state index in [1.807, 2.05) is 6.92 Å². The van der Waals surface area contributed by atoms with E-state index in [1.54, 1.807) is 11.8 Å². The number of nitrogens with two attached hydrogens (primary N) is 1. The quantitative estimate of drug-likeness (QED) is 0.597. The summed E-state index contributed by atoms with van der Waals surface area (Å²) in [5.74, 6) is 0. The first-order valence-corrected chi connectivity index (χ1v) is 5.80. The molecule has 78 valence electrons. The largest absolute Gasteiger partial charge is 0.319 e. The second-order valence-electron chi connectivity index (χ2n) is 4.60. The van der Waals surface area contributed by atoms with Crippen molar-refractivity contribution in [3.8, 4) is 0 Å². The summed E-state index contributed by atoms with van der Waals surface area (Å²) in [6.07, 6.45) is 0. The predicted octanol–water partition coefficient (Wildman–Crippen LogP) is 3.38. The molecule has 0 aliphatic carbocycles. The Labute approximate surface area is 91.1 Å². The number of thioether (sulfide) groups is 1. The van der Waals surface area contributed by atoms with Crippen molar-refractivity contribution in [2.75, 3.05) is 0 Å². The van der Waals surface area contributed by atoms with Crippen molar-refractivity contribution in [2.24, 2.45) is 5.73 Å². The molecule has 1 aromatic carbocycles. The Hall–Kier alpha value is -0.470. The Morgan fingerprint density at radius 3 is 2.00 bits per heavy atom. The molecule has 1 atom stereocenters. The third-order valence-electron chi connectivity index (χ3n) is 2.04. The van der Waals surface area contributed by atoms with Gasteiger partial charge in [-0.3, -0.25) is 0 Å². The van der Waals surface area contributed by atoms with Gasteiger partial charge in [0, 0.05) is 4.90 Å². The summed E-state index contributed by atoms with van der Waals surface area (Å²) in [5.41, 5.74) is 7.31. The summed E-state index contributed by atoms with van der Waals surface area (Å²) in [6, 6.07) is 8.67. The van der Waals surface area contributed by atoms with Gasteiger partial charge < -0.3 is 5.73 Å². The molecule has 0 saturated carbocycles. The van der Waals surface area contributed by atoms with Crippen molar-refractivity contribution in [2.45, 2.75) is 43.4 Å². The van der Waals surface area contributed by atoms with E-state index in [1.165, 1.54) is 10.5 Å². The Bertz CT molecular complexity index is 282. The standard InChI is InChI=1S/C12H19NS/c1-9(13)14-11-7-5-10(6-8-11)12(2,3)4/h5-9H,13H2,1-4H3. The van der Waals surface area contributed by atoms with Crippen LogP contribution in [0.3, 0.4) is 0 Å². The van der Waals surface area contributed by atoms with E-state index in [4.69, 9.17) is 5.73 Å². The molecule has 0 saturated heterocycles. The monoisotopic (exact) mass is 209 g/mol. The lowest BCUT2D eigenvalue weighted by molar-refractivity contribution is 0.590. The molecule has 0 aliphatic rings. The van der Waals surface area contributed by atoms with Crippen LogP contribution in [0.2, 0.25) is 0 Å². The highest BCUT2D eigenvalue weighted by molar-refractivity contribution is 7.99. The van der Waals surface area contributed by atoms with Crippen LogP contribution in [0.1, 0.15) is 33.3 Å². The van der Waals surface area contributed by atoms with E-state index in [-0.39, 0.29) is 10.8 Å². The number of hydrogen-bond acceptors (Lipinski definition) is 2. The van der Waals surface area contributed by atoms with Crippen LogP contribution in [0.5, 0.6) is 0 Å². The van der Waals surface area contributed by atoms with Crippen LogP contribution in [-0.4, -0.2) is 5.37 Å². The smallest absolute Gasteiger partial charge is 0.0525 e. The molecule has 0 aliphatic heterocycles. The Morgan fingerprint density at radius 2 is 1.64 bits per heavy atom. The maximum absolute atomic E-state index is 5.71. The highest BCUT2D eigenvalue weighted by Crippen LogP contribution is 2.26. The van der Waals surface area contributed by atoms with Crippen molar-refractivity contribution in [1.82, 2.24) is 0 Å². The van der Waals surface area contributed by atoms with Gasteiger partial charge in [-0.05, 0) is 30.0 Å². The van der Waals surface area contributed by atoms with Gasteiger partial charge in [-0.15, -0.1) is 11.8 Å². The molecular formula is C12H19NS. The zero-order chi connectivity index (χ0) is 10.8.